The molecule has 2 rings (SSSR count). The summed E-state index contributed by atoms with van der Waals surface area (Å²) >= 11 is 12.0. The highest BCUT2D eigenvalue weighted by atomic mass is 35.5. The van der Waals surface area contributed by atoms with Gasteiger partial charge in [-0.15, -0.1) is 0 Å². The molecule has 0 bridgehead atoms. The number of nitrogens with one attached hydrogen (secondary N) is 1. The topological polar surface area (TPSA) is 72.9 Å². The first-order valence-electron chi connectivity index (χ1n) is 9.27. The zero-order valence-corrected chi connectivity index (χ0v) is 17.4. The van der Waals surface area contributed by atoms with E-state index >= 15 is 0 Å². The monoisotopic (exact) mass is 425 g/mol. The molecule has 0 atom stereocenters. The van der Waals surface area contributed by atoms with E-state index in [1.807, 2.05) is 0 Å². The van der Waals surface area contributed by atoms with E-state index in [2.05, 4.69) is 22.1 Å². The third-order valence-electron chi connectivity index (χ3n) is 4.76. The number of nitrogens with zero attached hydrogens (tertiary/aromatic N) is 2. The van der Waals surface area contributed by atoms with Crippen molar-refractivity contribution in [3.63, 3.8) is 0 Å². The molecule has 6 nitrogen and oxygen atoms in total. The maximum absolute atomic E-state index is 11.5. The van der Waals surface area contributed by atoms with Crippen molar-refractivity contribution in [1.29, 1.82) is 0 Å². The molecule has 1 saturated heterocycles. The highest BCUT2D eigenvalue weighted by Crippen LogP contribution is 2.20. The van der Waals surface area contributed by atoms with Crippen molar-refractivity contribution in [3.05, 3.63) is 33.8 Å². The van der Waals surface area contributed by atoms with Crippen molar-refractivity contribution < 1.29 is 14.7 Å². The molecular formula is C20H25Cl2N3O3. The van der Waals surface area contributed by atoms with Gasteiger partial charge < -0.3 is 15.3 Å². The van der Waals surface area contributed by atoms with Crippen molar-refractivity contribution in [2.24, 2.45) is 0 Å². The summed E-state index contributed by atoms with van der Waals surface area (Å²) in [6.07, 6.45) is 2.09. The Labute approximate surface area is 175 Å². The van der Waals surface area contributed by atoms with E-state index in [0.29, 0.717) is 10.0 Å². The van der Waals surface area contributed by atoms with Gasteiger partial charge in [-0.3, -0.25) is 9.69 Å². The van der Waals surface area contributed by atoms with Gasteiger partial charge in [-0.05, 0) is 44.0 Å². The molecule has 1 aromatic rings. The Balaban J connectivity index is 1.74. The maximum Gasteiger partial charge on any atom is 0.408 e. The van der Waals surface area contributed by atoms with Crippen molar-refractivity contribution in [2.75, 3.05) is 33.2 Å². The number of likely N-dealkylation sites (N-methyl/N-ethyl adjacent to an activating group) is 1. The molecule has 2 N–H and O–H groups in total. The molecule has 1 fully saturated rings. The molecule has 0 spiro atoms. The second kappa shape index (κ2) is 11.2. The van der Waals surface area contributed by atoms with E-state index in [-0.39, 0.29) is 18.5 Å². The lowest BCUT2D eigenvalue weighted by molar-refractivity contribution is -0.122. The average Bonchev–Trinajstić information content (AvgIpc) is 2.68. The summed E-state index contributed by atoms with van der Waals surface area (Å²) in [5, 5.41) is 13.1. The van der Waals surface area contributed by atoms with Gasteiger partial charge in [0.25, 0.3) is 0 Å². The lowest BCUT2D eigenvalue weighted by Crippen LogP contribution is -2.50. The number of rotatable bonds is 6. The van der Waals surface area contributed by atoms with Crippen LogP contribution in [0.1, 0.15) is 31.2 Å². The van der Waals surface area contributed by atoms with Crippen LogP contribution < -0.4 is 5.32 Å². The Kier molecular flexibility index (Phi) is 8.91. The number of benzene rings is 1. The van der Waals surface area contributed by atoms with Crippen LogP contribution in [0, 0.1) is 11.8 Å². The predicted octanol–water partition coefficient (Wildman–Crippen LogP) is 3.32. The average molecular weight is 426 g/mol. The van der Waals surface area contributed by atoms with E-state index in [9.17, 15) is 14.7 Å². The lowest BCUT2D eigenvalue weighted by Gasteiger charge is -2.36. The quantitative estimate of drug-likeness (QED) is 0.541. The van der Waals surface area contributed by atoms with E-state index in [1.165, 1.54) is 11.9 Å². The summed E-state index contributed by atoms with van der Waals surface area (Å²) in [4.78, 5) is 26.5. The molecule has 0 aromatic heterocycles. The highest BCUT2D eigenvalue weighted by molar-refractivity contribution is 6.33. The molecule has 1 aliphatic heterocycles. The van der Waals surface area contributed by atoms with Crippen LogP contribution in [0.3, 0.4) is 0 Å². The van der Waals surface area contributed by atoms with Crippen molar-refractivity contribution in [3.8, 4) is 11.8 Å². The normalized spacial score (nSPS) is 14.8. The molecule has 8 heteroatoms. The van der Waals surface area contributed by atoms with E-state index in [1.54, 1.807) is 18.2 Å². The van der Waals surface area contributed by atoms with Crippen LogP contribution in [0.15, 0.2) is 18.2 Å². The predicted molar refractivity (Wildman–Crippen MR) is 111 cm³/mol. The Bertz CT molecular complexity index is 753. The number of hydrogen-bond donors (Lipinski definition) is 2. The second-order valence-electron chi connectivity index (χ2n) is 6.69. The van der Waals surface area contributed by atoms with Crippen molar-refractivity contribution in [1.82, 2.24) is 15.1 Å². The first-order chi connectivity index (χ1) is 13.4. The number of carbonyl (C=O) groups excluding carboxylic acids is 1. The van der Waals surface area contributed by atoms with Gasteiger partial charge >= 0.3 is 6.09 Å². The minimum absolute atomic E-state index is 0.113. The van der Waals surface area contributed by atoms with Crippen LogP contribution in [-0.2, 0) is 4.79 Å². The molecule has 0 radical (unpaired) electrons. The number of carbonyl (C=O) groups is 2. The number of carboxylic acid groups (broad SMARTS) is 1. The molecule has 1 heterocycles. The van der Waals surface area contributed by atoms with Gasteiger partial charge in [-0.2, -0.15) is 0 Å². The zero-order valence-electron chi connectivity index (χ0n) is 15.9. The summed E-state index contributed by atoms with van der Waals surface area (Å²) in [5.74, 6) is 5.90. The van der Waals surface area contributed by atoms with Gasteiger partial charge in [0.1, 0.15) is 6.54 Å². The van der Waals surface area contributed by atoms with E-state index in [4.69, 9.17) is 23.2 Å². The molecule has 2 amide bonds. The number of amides is 2. The molecule has 1 aromatic carbocycles. The first kappa shape index (κ1) is 22.4. The van der Waals surface area contributed by atoms with Gasteiger partial charge in [0.05, 0.1) is 5.02 Å². The summed E-state index contributed by atoms with van der Waals surface area (Å²) in [6.45, 7) is 2.43. The third kappa shape index (κ3) is 6.90. The molecule has 0 unspecified atom stereocenters. The fourth-order valence-corrected chi connectivity index (χ4v) is 3.52. The molecular weight excluding hydrogens is 401 g/mol. The van der Waals surface area contributed by atoms with Gasteiger partial charge in [0.15, 0.2) is 0 Å². The fourth-order valence-electron chi connectivity index (χ4n) is 3.18. The van der Waals surface area contributed by atoms with Crippen molar-refractivity contribution in [2.45, 2.75) is 31.7 Å². The summed E-state index contributed by atoms with van der Waals surface area (Å²) in [7, 11) is 1.51. The number of hydrogen-bond acceptors (Lipinski definition) is 3. The molecule has 28 heavy (non-hydrogen) atoms. The van der Waals surface area contributed by atoms with Gasteiger partial charge in [0, 0.05) is 43.2 Å². The zero-order chi connectivity index (χ0) is 20.5. The largest absolute Gasteiger partial charge is 0.465 e. The van der Waals surface area contributed by atoms with Crippen LogP contribution in [0.25, 0.3) is 0 Å². The van der Waals surface area contributed by atoms with Gasteiger partial charge in [0.2, 0.25) is 5.91 Å². The Morgan fingerprint density at radius 2 is 2.04 bits per heavy atom. The summed E-state index contributed by atoms with van der Waals surface area (Å²) in [5.41, 5.74) is 0.736. The van der Waals surface area contributed by atoms with Gasteiger partial charge in [-0.25, -0.2) is 4.79 Å². The minimum atomic E-state index is -1.04. The van der Waals surface area contributed by atoms with Crippen LogP contribution in [0.5, 0.6) is 0 Å². The van der Waals surface area contributed by atoms with Crippen LogP contribution in [-0.4, -0.2) is 66.2 Å². The SMILES string of the molecule is CNC(=O)CN(C(=O)O)C1CCN(CCCC#Cc2cc(Cl)ccc2Cl)CC1. The Morgan fingerprint density at radius 1 is 1.32 bits per heavy atom. The Hall–Kier alpha value is -1.94. The second-order valence-corrected chi connectivity index (χ2v) is 7.53. The van der Waals surface area contributed by atoms with Crippen LogP contribution in [0.2, 0.25) is 10.0 Å². The summed E-state index contributed by atoms with van der Waals surface area (Å²) in [6, 6.07) is 5.12. The molecule has 1 aliphatic rings. The molecule has 152 valence electrons. The van der Waals surface area contributed by atoms with Gasteiger partial charge in [-0.1, -0.05) is 35.0 Å². The number of halogens is 2. The van der Waals surface area contributed by atoms with E-state index < -0.39 is 6.09 Å². The number of piperidine rings is 1. The van der Waals surface area contributed by atoms with Crippen LogP contribution in [0.4, 0.5) is 4.79 Å². The lowest BCUT2D eigenvalue weighted by atomic mass is 10.0. The Morgan fingerprint density at radius 3 is 2.68 bits per heavy atom. The standard InChI is InChI=1S/C20H25Cl2N3O3/c1-23-19(26)14-25(20(27)28)17-8-11-24(12-9-17)10-4-2-3-5-15-13-16(21)6-7-18(15)22/h6-7,13,17H,2,4,8-12,14H2,1H3,(H,23,26)(H,27,28). The number of unbranched alkanes of at least 4 members (excludes halogenated alkanes) is 1. The smallest absolute Gasteiger partial charge is 0.408 e. The molecule has 0 aliphatic carbocycles. The molecule has 0 saturated carbocycles. The van der Waals surface area contributed by atoms with E-state index in [0.717, 1.165) is 50.9 Å². The first-order valence-corrected chi connectivity index (χ1v) is 10.0. The third-order valence-corrected chi connectivity index (χ3v) is 5.33. The van der Waals surface area contributed by atoms with Crippen LogP contribution >= 0.6 is 23.2 Å². The highest BCUT2D eigenvalue weighted by Gasteiger charge is 2.28. The minimum Gasteiger partial charge on any atom is -0.465 e. The summed E-state index contributed by atoms with van der Waals surface area (Å²) < 4.78 is 0. The maximum atomic E-state index is 11.5. The fraction of sp³-hybridized carbons (Fsp3) is 0.500. The number of likely N-dealkylation sites (tertiary alicyclic amines) is 1. The van der Waals surface area contributed by atoms with Crippen molar-refractivity contribution >= 4 is 35.2 Å².